The molecule has 0 spiro atoms. The van der Waals surface area contributed by atoms with Crippen LogP contribution in [0.5, 0.6) is 0 Å². The van der Waals surface area contributed by atoms with Crippen LogP contribution in [0.2, 0.25) is 0 Å². The predicted molar refractivity (Wildman–Crippen MR) is 84.1 cm³/mol. The van der Waals surface area contributed by atoms with Gasteiger partial charge in [0.25, 0.3) is 11.8 Å². The lowest BCUT2D eigenvalue weighted by atomic mass is 10.1. The number of anilines is 1. The van der Waals surface area contributed by atoms with Crippen LogP contribution in [0.25, 0.3) is 10.9 Å². The molecule has 0 aliphatic carbocycles. The summed E-state index contributed by atoms with van der Waals surface area (Å²) in [6.07, 6.45) is 0. The third-order valence-electron chi connectivity index (χ3n) is 3.87. The van der Waals surface area contributed by atoms with Gasteiger partial charge in [-0.3, -0.25) is 14.6 Å². The minimum absolute atomic E-state index is 0.295. The van der Waals surface area contributed by atoms with Gasteiger partial charge in [0.2, 0.25) is 0 Å². The maximum atomic E-state index is 12.6. The first-order valence-corrected chi connectivity index (χ1v) is 7.01. The average molecular weight is 288 g/mol. The normalized spacial score (nSPS) is 13.8. The lowest BCUT2D eigenvalue weighted by Gasteiger charge is -2.16. The number of rotatable bonds is 1. The highest BCUT2D eigenvalue weighted by Gasteiger charge is 2.37. The summed E-state index contributed by atoms with van der Waals surface area (Å²) in [5.74, 6) is -0.590. The monoisotopic (exact) mass is 288 g/mol. The highest BCUT2D eigenvalue weighted by atomic mass is 16.2. The number of carbonyl (C=O) groups excluding carboxylic acids is 2. The fourth-order valence-electron chi connectivity index (χ4n) is 2.82. The molecule has 4 rings (SSSR count). The van der Waals surface area contributed by atoms with Gasteiger partial charge in [0, 0.05) is 11.1 Å². The smallest absolute Gasteiger partial charge is 0.266 e. The Morgan fingerprint density at radius 3 is 2.18 bits per heavy atom. The van der Waals surface area contributed by atoms with E-state index >= 15 is 0 Å². The highest BCUT2D eigenvalue weighted by molar-refractivity contribution is 6.35. The van der Waals surface area contributed by atoms with E-state index in [1.807, 2.05) is 31.2 Å². The molecule has 1 aliphatic heterocycles. The maximum Gasteiger partial charge on any atom is 0.266 e. The lowest BCUT2D eigenvalue weighted by Crippen LogP contribution is -2.29. The molecule has 0 saturated heterocycles. The van der Waals surface area contributed by atoms with Gasteiger partial charge < -0.3 is 0 Å². The summed E-state index contributed by atoms with van der Waals surface area (Å²) in [4.78, 5) is 31.0. The van der Waals surface area contributed by atoms with Crippen molar-refractivity contribution in [3.63, 3.8) is 0 Å². The first kappa shape index (κ1) is 12.7. The Hall–Kier alpha value is -3.01. The van der Waals surface area contributed by atoms with E-state index in [1.165, 1.54) is 4.90 Å². The molecule has 0 atom stereocenters. The minimum Gasteiger partial charge on any atom is -0.268 e. The largest absolute Gasteiger partial charge is 0.268 e. The number of para-hydroxylation sites is 1. The van der Waals surface area contributed by atoms with Gasteiger partial charge >= 0.3 is 0 Å². The number of hydrogen-bond acceptors (Lipinski definition) is 3. The number of amides is 2. The Kier molecular flexibility index (Phi) is 2.60. The summed E-state index contributed by atoms with van der Waals surface area (Å²) in [6, 6.07) is 16.3. The van der Waals surface area contributed by atoms with Crippen LogP contribution in [0, 0.1) is 6.92 Å². The molecule has 22 heavy (non-hydrogen) atoms. The number of fused-ring (bicyclic) bond motifs is 2. The number of imide groups is 1. The Morgan fingerprint density at radius 2 is 1.50 bits per heavy atom. The topological polar surface area (TPSA) is 50.3 Å². The SMILES string of the molecule is Cc1ccc2cccc(N3C(=O)c4ccccc4C3=O)c2n1. The number of benzene rings is 2. The summed E-state index contributed by atoms with van der Waals surface area (Å²) in [5.41, 5.74) is 2.93. The molecule has 2 amide bonds. The highest BCUT2D eigenvalue weighted by Crippen LogP contribution is 2.32. The average Bonchev–Trinajstić information content (AvgIpc) is 2.79. The molecule has 3 aromatic rings. The third kappa shape index (κ3) is 1.67. The summed E-state index contributed by atoms with van der Waals surface area (Å²) in [7, 11) is 0. The van der Waals surface area contributed by atoms with Gasteiger partial charge in [-0.15, -0.1) is 0 Å². The van der Waals surface area contributed by atoms with Crippen LogP contribution in [-0.4, -0.2) is 16.8 Å². The quantitative estimate of drug-likeness (QED) is 0.645. The number of nitrogens with zero attached hydrogens (tertiary/aromatic N) is 2. The van der Waals surface area contributed by atoms with Crippen LogP contribution in [0.15, 0.2) is 54.6 Å². The van der Waals surface area contributed by atoms with Crippen LogP contribution in [0.3, 0.4) is 0 Å². The third-order valence-corrected chi connectivity index (χ3v) is 3.87. The van der Waals surface area contributed by atoms with E-state index in [-0.39, 0.29) is 11.8 Å². The first-order chi connectivity index (χ1) is 10.7. The molecule has 4 heteroatoms. The molecule has 0 bridgehead atoms. The van der Waals surface area contributed by atoms with Crippen LogP contribution in [0.4, 0.5) is 5.69 Å². The van der Waals surface area contributed by atoms with E-state index in [2.05, 4.69) is 4.98 Å². The van der Waals surface area contributed by atoms with E-state index in [4.69, 9.17) is 0 Å². The van der Waals surface area contributed by atoms with Gasteiger partial charge in [0.05, 0.1) is 22.3 Å². The Balaban J connectivity index is 1.96. The Labute approximate surface area is 127 Å². The van der Waals surface area contributed by atoms with Crippen molar-refractivity contribution in [3.05, 3.63) is 71.4 Å². The summed E-state index contributed by atoms with van der Waals surface area (Å²) in [5, 5.41) is 0.902. The fraction of sp³-hybridized carbons (Fsp3) is 0.0556. The zero-order chi connectivity index (χ0) is 15.3. The van der Waals surface area contributed by atoms with Crippen molar-refractivity contribution in [2.24, 2.45) is 0 Å². The van der Waals surface area contributed by atoms with Crippen molar-refractivity contribution in [2.75, 3.05) is 4.90 Å². The molecule has 2 aromatic carbocycles. The van der Waals surface area contributed by atoms with E-state index in [0.717, 1.165) is 11.1 Å². The van der Waals surface area contributed by atoms with Gasteiger partial charge in [0.1, 0.15) is 0 Å². The molecular formula is C18H12N2O2. The molecule has 1 aliphatic rings. The van der Waals surface area contributed by atoms with Crippen LogP contribution >= 0.6 is 0 Å². The van der Waals surface area contributed by atoms with Crippen molar-refractivity contribution in [2.45, 2.75) is 6.92 Å². The maximum absolute atomic E-state index is 12.6. The molecule has 106 valence electrons. The molecule has 0 fully saturated rings. The number of carbonyl (C=O) groups is 2. The van der Waals surface area contributed by atoms with Crippen LogP contribution < -0.4 is 4.90 Å². The molecule has 0 saturated carbocycles. The van der Waals surface area contributed by atoms with Crippen molar-refractivity contribution in [1.82, 2.24) is 4.98 Å². The van der Waals surface area contributed by atoms with Crippen molar-refractivity contribution >= 4 is 28.4 Å². The molecule has 0 N–H and O–H groups in total. The van der Waals surface area contributed by atoms with Crippen molar-refractivity contribution < 1.29 is 9.59 Å². The predicted octanol–water partition coefficient (Wildman–Crippen LogP) is 3.34. The van der Waals surface area contributed by atoms with Gasteiger partial charge in [-0.05, 0) is 31.2 Å². The van der Waals surface area contributed by atoms with Gasteiger partial charge in [-0.1, -0.05) is 30.3 Å². The Bertz CT molecular complexity index is 912. The number of aromatic nitrogens is 1. The second-order valence-corrected chi connectivity index (χ2v) is 5.29. The molecular weight excluding hydrogens is 276 g/mol. The standard InChI is InChI=1S/C18H12N2O2/c1-11-9-10-12-5-4-8-15(16(12)19-11)20-17(21)13-6-2-3-7-14(13)18(20)22/h2-10H,1H3. The minimum atomic E-state index is -0.295. The van der Waals surface area contributed by atoms with Gasteiger partial charge in [0.15, 0.2) is 0 Å². The van der Waals surface area contributed by atoms with Crippen molar-refractivity contribution in [1.29, 1.82) is 0 Å². The van der Waals surface area contributed by atoms with E-state index in [0.29, 0.717) is 22.3 Å². The van der Waals surface area contributed by atoms with Crippen LogP contribution in [0.1, 0.15) is 26.4 Å². The molecule has 1 aromatic heterocycles. The summed E-state index contributed by atoms with van der Waals surface area (Å²) < 4.78 is 0. The second-order valence-electron chi connectivity index (χ2n) is 5.29. The number of hydrogen-bond donors (Lipinski definition) is 0. The molecule has 0 radical (unpaired) electrons. The second kappa shape index (κ2) is 4.49. The zero-order valence-electron chi connectivity index (χ0n) is 11.9. The van der Waals surface area contributed by atoms with E-state index in [9.17, 15) is 9.59 Å². The number of aryl methyl sites for hydroxylation is 1. The van der Waals surface area contributed by atoms with E-state index in [1.54, 1.807) is 30.3 Å². The molecule has 2 heterocycles. The summed E-state index contributed by atoms with van der Waals surface area (Å²) in [6.45, 7) is 1.89. The van der Waals surface area contributed by atoms with Gasteiger partial charge in [-0.2, -0.15) is 0 Å². The molecule has 4 nitrogen and oxygen atoms in total. The van der Waals surface area contributed by atoms with Crippen molar-refractivity contribution in [3.8, 4) is 0 Å². The Morgan fingerprint density at radius 1 is 0.818 bits per heavy atom. The number of pyridine rings is 1. The van der Waals surface area contributed by atoms with Crippen LogP contribution in [-0.2, 0) is 0 Å². The molecule has 0 unspecified atom stereocenters. The fourth-order valence-corrected chi connectivity index (χ4v) is 2.82. The van der Waals surface area contributed by atoms with Gasteiger partial charge in [-0.25, -0.2) is 4.90 Å². The lowest BCUT2D eigenvalue weighted by molar-refractivity contribution is 0.0926. The zero-order valence-corrected chi connectivity index (χ0v) is 11.9. The summed E-state index contributed by atoms with van der Waals surface area (Å²) >= 11 is 0. The van der Waals surface area contributed by atoms with E-state index < -0.39 is 0 Å². The first-order valence-electron chi connectivity index (χ1n) is 7.01.